The van der Waals surface area contributed by atoms with E-state index in [9.17, 15) is 9.59 Å². The van der Waals surface area contributed by atoms with E-state index >= 15 is 0 Å². The molecule has 0 N–H and O–H groups in total. The number of furan rings is 1. The molecular formula is C13H18O5S. The zero-order valence-corrected chi connectivity index (χ0v) is 12.3. The Hall–Kier alpha value is -1.43. The highest BCUT2D eigenvalue weighted by Gasteiger charge is 2.17. The molecule has 0 aromatic carbocycles. The Morgan fingerprint density at radius 3 is 2.63 bits per heavy atom. The molecule has 6 heteroatoms. The molecule has 0 saturated heterocycles. The van der Waals surface area contributed by atoms with E-state index in [4.69, 9.17) is 4.42 Å². The van der Waals surface area contributed by atoms with Gasteiger partial charge in [0.25, 0.3) is 0 Å². The molecule has 0 aliphatic rings. The van der Waals surface area contributed by atoms with Crippen LogP contribution in [-0.2, 0) is 20.0 Å². The van der Waals surface area contributed by atoms with Crippen molar-refractivity contribution in [3.05, 3.63) is 23.2 Å². The lowest BCUT2D eigenvalue weighted by Crippen LogP contribution is -2.08. The lowest BCUT2D eigenvalue weighted by atomic mass is 10.3. The zero-order chi connectivity index (χ0) is 14.4. The van der Waals surface area contributed by atoms with Gasteiger partial charge in [-0.15, -0.1) is 0 Å². The fourth-order valence-corrected chi connectivity index (χ4v) is 2.36. The van der Waals surface area contributed by atoms with Gasteiger partial charge in [-0.25, -0.2) is 4.79 Å². The summed E-state index contributed by atoms with van der Waals surface area (Å²) in [5.41, 5.74) is 0.753. The molecule has 0 amide bonds. The number of esters is 2. The molecule has 0 aliphatic heterocycles. The van der Waals surface area contributed by atoms with Gasteiger partial charge in [0.2, 0.25) is 5.76 Å². The summed E-state index contributed by atoms with van der Waals surface area (Å²) >= 11 is 1.57. The maximum Gasteiger partial charge on any atom is 0.374 e. The predicted molar refractivity (Wildman–Crippen MR) is 72.2 cm³/mol. The van der Waals surface area contributed by atoms with Crippen LogP contribution in [0.5, 0.6) is 0 Å². The second-order valence-corrected chi connectivity index (χ2v) is 5.55. The van der Waals surface area contributed by atoms with Crippen LogP contribution >= 0.6 is 11.8 Å². The summed E-state index contributed by atoms with van der Waals surface area (Å²) in [5, 5.41) is 0.124. The van der Waals surface area contributed by atoms with Crippen LogP contribution in [0.1, 0.15) is 35.2 Å². The molecule has 0 bridgehead atoms. The molecule has 0 spiro atoms. The van der Waals surface area contributed by atoms with Crippen molar-refractivity contribution >= 4 is 23.7 Å². The fourth-order valence-electron chi connectivity index (χ4n) is 1.52. The van der Waals surface area contributed by atoms with Crippen molar-refractivity contribution in [1.29, 1.82) is 0 Å². The molecule has 1 atom stereocenters. The molecule has 106 valence electrons. The predicted octanol–water partition coefficient (Wildman–Crippen LogP) is 2.56. The molecule has 1 rings (SSSR count). The standard InChI is InChI=1S/C13H18O5S/c1-8-5-10(18-12(8)13(15)17-4)7-19-9(2)6-11(14)16-3/h5,9H,6-7H2,1-4H3. The average molecular weight is 286 g/mol. The lowest BCUT2D eigenvalue weighted by Gasteiger charge is -2.08. The summed E-state index contributed by atoms with van der Waals surface area (Å²) < 4.78 is 14.7. The van der Waals surface area contributed by atoms with Gasteiger partial charge in [-0.05, 0) is 13.0 Å². The Bertz CT molecular complexity index is 452. The molecule has 0 radical (unpaired) electrons. The second kappa shape index (κ2) is 7.23. The van der Waals surface area contributed by atoms with Crippen molar-refractivity contribution in [3.8, 4) is 0 Å². The maximum absolute atomic E-state index is 11.4. The average Bonchev–Trinajstić information content (AvgIpc) is 2.76. The third-order valence-corrected chi connectivity index (χ3v) is 3.72. The van der Waals surface area contributed by atoms with Crippen LogP contribution < -0.4 is 0 Å². The smallest absolute Gasteiger partial charge is 0.374 e. The number of rotatable bonds is 6. The van der Waals surface area contributed by atoms with Crippen LogP contribution in [0.25, 0.3) is 0 Å². The van der Waals surface area contributed by atoms with E-state index in [-0.39, 0.29) is 17.0 Å². The van der Waals surface area contributed by atoms with E-state index in [1.807, 2.05) is 13.0 Å². The number of methoxy groups -OCH3 is 2. The van der Waals surface area contributed by atoms with Crippen LogP contribution in [0, 0.1) is 6.92 Å². The number of carbonyl (C=O) groups excluding carboxylic acids is 2. The number of carbonyl (C=O) groups is 2. The van der Waals surface area contributed by atoms with Crippen molar-refractivity contribution in [1.82, 2.24) is 0 Å². The Morgan fingerprint density at radius 1 is 1.37 bits per heavy atom. The van der Waals surface area contributed by atoms with Gasteiger partial charge in [0, 0.05) is 10.8 Å². The maximum atomic E-state index is 11.4. The zero-order valence-electron chi connectivity index (χ0n) is 11.5. The van der Waals surface area contributed by atoms with Crippen molar-refractivity contribution in [3.63, 3.8) is 0 Å². The molecular weight excluding hydrogens is 268 g/mol. The summed E-state index contributed by atoms with van der Waals surface area (Å²) in [6.07, 6.45) is 0.352. The first kappa shape index (κ1) is 15.6. The number of aryl methyl sites for hydroxylation is 1. The normalized spacial score (nSPS) is 12.0. The Morgan fingerprint density at radius 2 is 2.05 bits per heavy atom. The Kier molecular flexibility index (Phi) is 5.95. The van der Waals surface area contributed by atoms with E-state index in [2.05, 4.69) is 9.47 Å². The molecule has 19 heavy (non-hydrogen) atoms. The molecule has 0 saturated carbocycles. The van der Waals surface area contributed by atoms with Crippen molar-refractivity contribution in [2.24, 2.45) is 0 Å². The van der Waals surface area contributed by atoms with Crippen LogP contribution in [0.15, 0.2) is 10.5 Å². The largest absolute Gasteiger partial charge is 0.469 e. The van der Waals surface area contributed by atoms with Crippen LogP contribution in [0.4, 0.5) is 0 Å². The van der Waals surface area contributed by atoms with Gasteiger partial charge < -0.3 is 13.9 Å². The number of ether oxygens (including phenoxy) is 2. The van der Waals surface area contributed by atoms with Crippen molar-refractivity contribution in [2.45, 2.75) is 31.3 Å². The lowest BCUT2D eigenvalue weighted by molar-refractivity contribution is -0.140. The summed E-state index contributed by atoms with van der Waals surface area (Å²) in [7, 11) is 2.69. The molecule has 0 fully saturated rings. The highest BCUT2D eigenvalue weighted by molar-refractivity contribution is 7.99. The highest BCUT2D eigenvalue weighted by atomic mass is 32.2. The molecule has 1 aromatic heterocycles. The number of hydrogen-bond acceptors (Lipinski definition) is 6. The summed E-state index contributed by atoms with van der Waals surface area (Å²) in [6, 6.07) is 1.81. The third-order valence-electron chi connectivity index (χ3n) is 2.53. The summed E-state index contributed by atoms with van der Waals surface area (Å²) in [4.78, 5) is 22.5. The Balaban J connectivity index is 2.54. The monoisotopic (exact) mass is 286 g/mol. The van der Waals surface area contributed by atoms with Gasteiger partial charge in [-0.1, -0.05) is 6.92 Å². The van der Waals surface area contributed by atoms with Gasteiger partial charge >= 0.3 is 11.9 Å². The third kappa shape index (κ3) is 4.63. The Labute approximate surface area is 116 Å². The first-order chi connectivity index (χ1) is 8.97. The minimum atomic E-state index is -0.476. The van der Waals surface area contributed by atoms with Gasteiger partial charge in [0.15, 0.2) is 0 Å². The van der Waals surface area contributed by atoms with E-state index in [1.54, 1.807) is 18.7 Å². The minimum absolute atomic E-state index is 0.124. The molecule has 1 unspecified atom stereocenters. The first-order valence-electron chi connectivity index (χ1n) is 5.84. The van der Waals surface area contributed by atoms with E-state index in [0.717, 1.165) is 5.56 Å². The van der Waals surface area contributed by atoms with Gasteiger partial charge in [-0.2, -0.15) is 11.8 Å². The van der Waals surface area contributed by atoms with E-state index in [0.29, 0.717) is 17.9 Å². The summed E-state index contributed by atoms with van der Waals surface area (Å²) in [6.45, 7) is 3.74. The molecule has 5 nitrogen and oxygen atoms in total. The van der Waals surface area contributed by atoms with Gasteiger partial charge in [0.05, 0.1) is 26.4 Å². The van der Waals surface area contributed by atoms with Crippen LogP contribution in [-0.4, -0.2) is 31.4 Å². The topological polar surface area (TPSA) is 65.7 Å². The number of thioether (sulfide) groups is 1. The first-order valence-corrected chi connectivity index (χ1v) is 6.88. The van der Waals surface area contributed by atoms with Crippen LogP contribution in [0.3, 0.4) is 0 Å². The highest BCUT2D eigenvalue weighted by Crippen LogP contribution is 2.24. The molecule has 1 heterocycles. The van der Waals surface area contributed by atoms with Crippen molar-refractivity contribution in [2.75, 3.05) is 14.2 Å². The SMILES string of the molecule is COC(=O)CC(C)SCc1cc(C)c(C(=O)OC)o1. The molecule has 1 aromatic rings. The fraction of sp³-hybridized carbons (Fsp3) is 0.538. The van der Waals surface area contributed by atoms with Gasteiger partial charge in [-0.3, -0.25) is 4.79 Å². The number of hydrogen-bond donors (Lipinski definition) is 0. The second-order valence-electron chi connectivity index (χ2n) is 4.12. The van der Waals surface area contributed by atoms with Crippen LogP contribution in [0.2, 0.25) is 0 Å². The minimum Gasteiger partial charge on any atom is -0.469 e. The molecule has 0 aliphatic carbocycles. The summed E-state index contributed by atoms with van der Waals surface area (Å²) in [5.74, 6) is 0.816. The van der Waals surface area contributed by atoms with E-state index < -0.39 is 5.97 Å². The van der Waals surface area contributed by atoms with E-state index in [1.165, 1.54) is 14.2 Å². The van der Waals surface area contributed by atoms with Gasteiger partial charge in [0.1, 0.15) is 5.76 Å². The quantitative estimate of drug-likeness (QED) is 0.749. The van der Waals surface area contributed by atoms with Crippen molar-refractivity contribution < 1.29 is 23.5 Å².